The maximum absolute atomic E-state index is 12.2. The van der Waals surface area contributed by atoms with Gasteiger partial charge in [0.15, 0.2) is 0 Å². The zero-order chi connectivity index (χ0) is 17.9. The molecule has 0 aromatic heterocycles. The fourth-order valence-corrected chi connectivity index (χ4v) is 2.62. The van der Waals surface area contributed by atoms with Crippen LogP contribution in [0.5, 0.6) is 0 Å². The van der Waals surface area contributed by atoms with Gasteiger partial charge in [-0.1, -0.05) is 67.8 Å². The van der Waals surface area contributed by atoms with Crippen molar-refractivity contribution < 1.29 is 14.4 Å². The highest BCUT2D eigenvalue weighted by Crippen LogP contribution is 2.11. The molecule has 0 aliphatic rings. The molecule has 0 spiro atoms. The minimum Gasteiger partial charge on any atom is -0.351 e. The van der Waals surface area contributed by atoms with Crippen LogP contribution in [0.2, 0.25) is 0 Å². The van der Waals surface area contributed by atoms with Gasteiger partial charge >= 0.3 is 0 Å². The van der Waals surface area contributed by atoms with Crippen molar-refractivity contribution in [2.75, 3.05) is 32.9 Å². The summed E-state index contributed by atoms with van der Waals surface area (Å²) in [5.41, 5.74) is 0.921. The van der Waals surface area contributed by atoms with Gasteiger partial charge in [0.1, 0.15) is 0 Å². The summed E-state index contributed by atoms with van der Waals surface area (Å²) in [6.45, 7) is 1.59. The minimum absolute atomic E-state index is 0.293. The predicted octanol–water partition coefficient (Wildman–Crippen LogP) is 2.18. The Morgan fingerprint density at radius 2 is 0.875 bits per heavy atom. The lowest BCUT2D eigenvalue weighted by molar-refractivity contribution is 0.0955. The second-order valence-corrected chi connectivity index (χ2v) is 7.87. The number of amides is 3. The van der Waals surface area contributed by atoms with Crippen molar-refractivity contribution in [3.8, 4) is 0 Å². The molecule has 0 bridgehead atoms. The van der Waals surface area contributed by atoms with Crippen molar-refractivity contribution in [3.05, 3.63) is 34.9 Å². The molecule has 0 aliphatic heterocycles. The Balaban J connectivity index is 3.11. The maximum atomic E-state index is 12.2. The lowest BCUT2D eigenvalue weighted by atomic mass is 10.0. The van der Waals surface area contributed by atoms with Gasteiger partial charge in [-0.2, -0.15) is 0 Å². The fourth-order valence-electron chi connectivity index (χ4n) is 1.81. The molecule has 0 heterocycles. The molecule has 6 nitrogen and oxygen atoms in total. The summed E-state index contributed by atoms with van der Waals surface area (Å²) in [5.74, 6) is -0.880. The molecule has 0 saturated heterocycles. The third kappa shape index (κ3) is 7.37. The third-order valence-electron chi connectivity index (χ3n) is 2.86. The van der Waals surface area contributed by atoms with Crippen LogP contribution in [0.3, 0.4) is 0 Å². The molecule has 1 aromatic carbocycles. The summed E-state index contributed by atoms with van der Waals surface area (Å²) in [7, 11) is 0. The lowest BCUT2D eigenvalue weighted by Gasteiger charge is -2.10. The zero-order valence-corrected chi connectivity index (χ0v) is 19.3. The molecule has 3 amide bonds. The molecule has 0 fully saturated rings. The first-order valence-corrected chi connectivity index (χ1v) is 11.8. The Hall–Kier alpha value is -0.180. The average Bonchev–Trinajstić information content (AvgIpc) is 2.61. The van der Waals surface area contributed by atoms with Crippen molar-refractivity contribution in [1.82, 2.24) is 16.0 Å². The van der Waals surface area contributed by atoms with Crippen LogP contribution in [-0.4, -0.2) is 50.6 Å². The van der Waals surface area contributed by atoms with E-state index in [1.165, 1.54) is 18.2 Å². The number of alkyl halides is 3. The Morgan fingerprint density at radius 3 is 1.08 bits per heavy atom. The third-order valence-corrected chi connectivity index (χ3v) is 4.48. The molecular formula is C15H18I3N3O3. The van der Waals surface area contributed by atoms with Crippen LogP contribution >= 0.6 is 67.8 Å². The van der Waals surface area contributed by atoms with E-state index in [1.54, 1.807) is 0 Å². The van der Waals surface area contributed by atoms with E-state index in [0.29, 0.717) is 36.3 Å². The monoisotopic (exact) mass is 669 g/mol. The summed E-state index contributed by atoms with van der Waals surface area (Å²) >= 11 is 6.48. The number of hydrogen-bond donors (Lipinski definition) is 3. The van der Waals surface area contributed by atoms with E-state index in [4.69, 9.17) is 0 Å². The number of hydrogen-bond acceptors (Lipinski definition) is 3. The Labute approximate surface area is 182 Å². The second-order valence-electron chi connectivity index (χ2n) is 4.63. The van der Waals surface area contributed by atoms with Gasteiger partial charge in [-0.25, -0.2) is 0 Å². The summed E-state index contributed by atoms with van der Waals surface area (Å²) < 4.78 is 2.34. The van der Waals surface area contributed by atoms with Crippen LogP contribution in [0.1, 0.15) is 31.1 Å². The number of halogens is 3. The van der Waals surface area contributed by atoms with Crippen LogP contribution in [-0.2, 0) is 0 Å². The number of carbonyl (C=O) groups excluding carboxylic acids is 3. The molecule has 0 unspecified atom stereocenters. The van der Waals surface area contributed by atoms with E-state index in [2.05, 4.69) is 83.7 Å². The molecular weight excluding hydrogens is 651 g/mol. The molecule has 1 aromatic rings. The summed E-state index contributed by atoms with van der Waals surface area (Å²) in [5, 5.41) is 8.27. The summed E-state index contributed by atoms with van der Waals surface area (Å²) in [6.07, 6.45) is 0. The highest BCUT2D eigenvalue weighted by Gasteiger charge is 2.16. The molecule has 0 saturated carbocycles. The highest BCUT2D eigenvalue weighted by molar-refractivity contribution is 14.1. The van der Waals surface area contributed by atoms with Crippen LogP contribution in [0.25, 0.3) is 0 Å². The quantitative estimate of drug-likeness (QED) is 0.279. The van der Waals surface area contributed by atoms with Gasteiger partial charge in [-0.3, -0.25) is 14.4 Å². The van der Waals surface area contributed by atoms with Gasteiger partial charge < -0.3 is 16.0 Å². The highest BCUT2D eigenvalue weighted by atomic mass is 127. The van der Waals surface area contributed by atoms with Crippen LogP contribution in [0.15, 0.2) is 18.2 Å². The van der Waals surface area contributed by atoms with Crippen molar-refractivity contribution in [2.45, 2.75) is 0 Å². The summed E-state index contributed by atoms with van der Waals surface area (Å²) in [6, 6.07) is 4.54. The largest absolute Gasteiger partial charge is 0.351 e. The zero-order valence-electron chi connectivity index (χ0n) is 12.8. The van der Waals surface area contributed by atoms with Gasteiger partial charge in [-0.15, -0.1) is 0 Å². The normalized spacial score (nSPS) is 10.1. The van der Waals surface area contributed by atoms with Crippen molar-refractivity contribution in [3.63, 3.8) is 0 Å². The van der Waals surface area contributed by atoms with Gasteiger partial charge in [-0.05, 0) is 18.2 Å². The molecule has 132 valence electrons. The van der Waals surface area contributed by atoms with Gasteiger partial charge in [0.2, 0.25) is 0 Å². The first-order chi connectivity index (χ1) is 11.5. The SMILES string of the molecule is O=C(NCCI)c1cc(C(=O)NCCI)cc(C(=O)NCCI)c1. The lowest BCUT2D eigenvalue weighted by Crippen LogP contribution is -2.30. The fraction of sp³-hybridized carbons (Fsp3) is 0.400. The number of benzene rings is 1. The number of rotatable bonds is 9. The molecule has 9 heteroatoms. The van der Waals surface area contributed by atoms with E-state index < -0.39 is 0 Å². The second kappa shape index (κ2) is 12.2. The van der Waals surface area contributed by atoms with Crippen LogP contribution < -0.4 is 16.0 Å². The molecule has 24 heavy (non-hydrogen) atoms. The molecule has 0 aliphatic carbocycles. The smallest absolute Gasteiger partial charge is 0.251 e. The van der Waals surface area contributed by atoms with E-state index in [0.717, 1.165) is 13.3 Å². The Bertz CT molecular complexity index is 503. The Kier molecular flexibility index (Phi) is 11.1. The molecule has 0 atom stereocenters. The van der Waals surface area contributed by atoms with Crippen molar-refractivity contribution >= 4 is 85.5 Å². The maximum Gasteiger partial charge on any atom is 0.251 e. The number of carbonyl (C=O) groups is 3. The van der Waals surface area contributed by atoms with E-state index >= 15 is 0 Å². The topological polar surface area (TPSA) is 87.3 Å². The van der Waals surface area contributed by atoms with Gasteiger partial charge in [0.25, 0.3) is 17.7 Å². The molecule has 0 radical (unpaired) electrons. The number of nitrogens with one attached hydrogen (secondary N) is 3. The molecule has 3 N–H and O–H groups in total. The van der Waals surface area contributed by atoms with Crippen LogP contribution in [0.4, 0.5) is 0 Å². The standard InChI is InChI=1S/C15H18I3N3O3/c16-1-4-19-13(22)10-7-11(14(23)20-5-2-17)9-12(8-10)15(24)21-6-3-18/h7-9H,1-6H2,(H,19,22)(H,20,23)(H,21,24). The average molecular weight is 669 g/mol. The van der Waals surface area contributed by atoms with E-state index in [1.807, 2.05) is 0 Å². The first-order valence-electron chi connectivity index (χ1n) is 7.21. The first kappa shape index (κ1) is 21.9. The Morgan fingerprint density at radius 1 is 0.625 bits per heavy atom. The minimum atomic E-state index is -0.293. The van der Waals surface area contributed by atoms with Crippen molar-refractivity contribution in [1.29, 1.82) is 0 Å². The van der Waals surface area contributed by atoms with E-state index in [-0.39, 0.29) is 17.7 Å². The van der Waals surface area contributed by atoms with Crippen LogP contribution in [0, 0.1) is 0 Å². The van der Waals surface area contributed by atoms with Crippen molar-refractivity contribution in [2.24, 2.45) is 0 Å². The van der Waals surface area contributed by atoms with Gasteiger partial charge in [0, 0.05) is 49.6 Å². The van der Waals surface area contributed by atoms with Gasteiger partial charge in [0.05, 0.1) is 0 Å². The predicted molar refractivity (Wildman–Crippen MR) is 120 cm³/mol. The molecule has 1 rings (SSSR count). The van der Waals surface area contributed by atoms with E-state index in [9.17, 15) is 14.4 Å². The summed E-state index contributed by atoms with van der Waals surface area (Å²) in [4.78, 5) is 36.6.